The van der Waals surface area contributed by atoms with Gasteiger partial charge in [-0.15, -0.1) is 23.1 Å². The molecule has 2 heterocycles. The Morgan fingerprint density at radius 2 is 2.30 bits per heavy atom. The van der Waals surface area contributed by atoms with Crippen molar-refractivity contribution < 1.29 is 4.79 Å². The molecule has 1 N–H and O–H groups in total. The van der Waals surface area contributed by atoms with Crippen LogP contribution in [-0.4, -0.2) is 29.4 Å². The van der Waals surface area contributed by atoms with Gasteiger partial charge in [0, 0.05) is 29.1 Å². The van der Waals surface area contributed by atoms with E-state index in [1.807, 2.05) is 24.1 Å². The van der Waals surface area contributed by atoms with Crippen LogP contribution in [0.4, 0.5) is 0 Å². The van der Waals surface area contributed by atoms with Crippen LogP contribution >= 0.6 is 34.9 Å². The standard InChI is InChI=1S/C14H16N2OS3/c1-18-14-12(5-2-6-16-14)13(17)15-7-9-19-10-11-4-3-8-20-11/h2-6,8H,7,9-10H2,1H3,(H,15,17). The van der Waals surface area contributed by atoms with E-state index in [4.69, 9.17) is 0 Å². The van der Waals surface area contributed by atoms with Crippen molar-refractivity contribution in [2.24, 2.45) is 0 Å². The lowest BCUT2D eigenvalue weighted by atomic mass is 10.3. The first-order valence-corrected chi connectivity index (χ1v) is 9.44. The van der Waals surface area contributed by atoms with E-state index >= 15 is 0 Å². The van der Waals surface area contributed by atoms with Crippen LogP contribution in [0.2, 0.25) is 0 Å². The molecule has 0 radical (unpaired) electrons. The van der Waals surface area contributed by atoms with Gasteiger partial charge in [0.15, 0.2) is 0 Å². The van der Waals surface area contributed by atoms with E-state index < -0.39 is 0 Å². The Hall–Kier alpha value is -0.980. The van der Waals surface area contributed by atoms with Crippen LogP contribution in [-0.2, 0) is 5.75 Å². The minimum absolute atomic E-state index is 0.0424. The molecule has 0 aliphatic carbocycles. The topological polar surface area (TPSA) is 42.0 Å². The van der Waals surface area contributed by atoms with Crippen molar-refractivity contribution in [1.82, 2.24) is 10.3 Å². The summed E-state index contributed by atoms with van der Waals surface area (Å²) in [6.07, 6.45) is 3.63. The number of rotatable bonds is 7. The van der Waals surface area contributed by atoms with Gasteiger partial charge >= 0.3 is 0 Å². The normalized spacial score (nSPS) is 10.4. The predicted molar refractivity (Wildman–Crippen MR) is 88.8 cm³/mol. The molecule has 0 aliphatic rings. The third-order valence-corrected chi connectivity index (χ3v) is 5.34. The third-order valence-electron chi connectivity index (χ3n) is 2.57. The maximum atomic E-state index is 12.0. The van der Waals surface area contributed by atoms with Crippen LogP contribution < -0.4 is 5.32 Å². The maximum absolute atomic E-state index is 12.0. The second kappa shape index (κ2) is 8.34. The number of carbonyl (C=O) groups is 1. The van der Waals surface area contributed by atoms with Gasteiger partial charge in [-0.2, -0.15) is 11.8 Å². The molecular formula is C14H16N2OS3. The summed E-state index contributed by atoms with van der Waals surface area (Å²) >= 11 is 5.09. The maximum Gasteiger partial charge on any atom is 0.254 e. The number of thiophene rings is 1. The molecule has 0 saturated carbocycles. The first-order valence-electron chi connectivity index (χ1n) is 6.18. The summed E-state index contributed by atoms with van der Waals surface area (Å²) in [4.78, 5) is 17.6. The van der Waals surface area contributed by atoms with Crippen LogP contribution in [0.5, 0.6) is 0 Å². The van der Waals surface area contributed by atoms with Crippen LogP contribution in [0.3, 0.4) is 0 Å². The summed E-state index contributed by atoms with van der Waals surface area (Å²) in [6, 6.07) is 7.80. The van der Waals surface area contributed by atoms with E-state index in [-0.39, 0.29) is 5.91 Å². The molecule has 2 aromatic heterocycles. The fourth-order valence-electron chi connectivity index (χ4n) is 1.63. The zero-order valence-corrected chi connectivity index (χ0v) is 13.6. The van der Waals surface area contributed by atoms with Crippen molar-refractivity contribution in [3.8, 4) is 0 Å². The fourth-order valence-corrected chi connectivity index (χ4v) is 3.87. The first-order chi connectivity index (χ1) is 9.81. The lowest BCUT2D eigenvalue weighted by Crippen LogP contribution is -2.26. The SMILES string of the molecule is CSc1ncccc1C(=O)NCCSCc1cccs1. The quantitative estimate of drug-likeness (QED) is 0.625. The van der Waals surface area contributed by atoms with Crippen molar-refractivity contribution in [2.75, 3.05) is 18.6 Å². The highest BCUT2D eigenvalue weighted by atomic mass is 32.2. The molecule has 0 aliphatic heterocycles. The molecule has 0 saturated heterocycles. The Labute approximate surface area is 131 Å². The molecule has 0 fully saturated rings. The number of nitrogens with zero attached hydrogens (tertiary/aromatic N) is 1. The average Bonchev–Trinajstić information content (AvgIpc) is 3.00. The van der Waals surface area contributed by atoms with E-state index in [1.165, 1.54) is 16.6 Å². The van der Waals surface area contributed by atoms with Gasteiger partial charge in [-0.25, -0.2) is 4.98 Å². The lowest BCUT2D eigenvalue weighted by Gasteiger charge is -2.07. The van der Waals surface area contributed by atoms with Gasteiger partial charge in [-0.05, 0) is 29.8 Å². The Kier molecular flexibility index (Phi) is 6.42. The minimum Gasteiger partial charge on any atom is -0.351 e. The van der Waals surface area contributed by atoms with Crippen molar-refractivity contribution in [1.29, 1.82) is 0 Å². The van der Waals surface area contributed by atoms with E-state index in [9.17, 15) is 4.79 Å². The Balaban J connectivity index is 1.72. The van der Waals surface area contributed by atoms with Crippen LogP contribution in [0, 0.1) is 0 Å². The minimum atomic E-state index is -0.0424. The molecule has 2 rings (SSSR count). The van der Waals surface area contributed by atoms with Crippen molar-refractivity contribution in [3.63, 3.8) is 0 Å². The van der Waals surface area contributed by atoms with E-state index in [0.717, 1.165) is 16.5 Å². The number of carbonyl (C=O) groups excluding carboxylic acids is 1. The molecule has 1 amide bonds. The Morgan fingerprint density at radius 3 is 3.05 bits per heavy atom. The zero-order valence-electron chi connectivity index (χ0n) is 11.2. The van der Waals surface area contributed by atoms with Crippen LogP contribution in [0.25, 0.3) is 0 Å². The Bertz CT molecular complexity index is 543. The summed E-state index contributed by atoms with van der Waals surface area (Å²) in [6.45, 7) is 0.678. The summed E-state index contributed by atoms with van der Waals surface area (Å²) in [5.74, 6) is 1.88. The highest BCUT2D eigenvalue weighted by molar-refractivity contribution is 7.98. The molecule has 0 aromatic carbocycles. The number of aromatic nitrogens is 1. The van der Waals surface area contributed by atoms with Gasteiger partial charge in [0.25, 0.3) is 5.91 Å². The number of amides is 1. The summed E-state index contributed by atoms with van der Waals surface area (Å²) in [5.41, 5.74) is 0.656. The largest absolute Gasteiger partial charge is 0.351 e. The van der Waals surface area contributed by atoms with E-state index in [1.54, 1.807) is 23.6 Å². The highest BCUT2D eigenvalue weighted by Crippen LogP contribution is 2.17. The smallest absolute Gasteiger partial charge is 0.254 e. The predicted octanol–water partition coefficient (Wildman–Crippen LogP) is 3.53. The van der Waals surface area contributed by atoms with E-state index in [0.29, 0.717) is 12.1 Å². The highest BCUT2D eigenvalue weighted by Gasteiger charge is 2.10. The third kappa shape index (κ3) is 4.54. The van der Waals surface area contributed by atoms with Crippen LogP contribution in [0.1, 0.15) is 15.2 Å². The molecule has 0 spiro atoms. The number of hydrogen-bond donors (Lipinski definition) is 1. The van der Waals surface area contributed by atoms with Gasteiger partial charge in [0.1, 0.15) is 5.03 Å². The van der Waals surface area contributed by atoms with Crippen molar-refractivity contribution in [2.45, 2.75) is 10.8 Å². The zero-order chi connectivity index (χ0) is 14.2. The Morgan fingerprint density at radius 1 is 1.40 bits per heavy atom. The monoisotopic (exact) mass is 324 g/mol. The van der Waals surface area contributed by atoms with Crippen molar-refractivity contribution >= 4 is 40.8 Å². The number of thioether (sulfide) groups is 2. The second-order valence-corrected chi connectivity index (χ2v) is 6.88. The van der Waals surface area contributed by atoms with Gasteiger partial charge in [0.05, 0.1) is 5.56 Å². The first kappa shape index (κ1) is 15.4. The average molecular weight is 324 g/mol. The number of hydrogen-bond acceptors (Lipinski definition) is 5. The molecule has 2 aromatic rings. The molecule has 20 heavy (non-hydrogen) atoms. The molecule has 0 atom stereocenters. The van der Waals surface area contributed by atoms with Gasteiger partial charge in [-0.3, -0.25) is 4.79 Å². The lowest BCUT2D eigenvalue weighted by molar-refractivity contribution is 0.0952. The van der Waals surface area contributed by atoms with Crippen LogP contribution in [0.15, 0.2) is 40.9 Å². The van der Waals surface area contributed by atoms with Gasteiger partial charge in [-0.1, -0.05) is 6.07 Å². The molecule has 106 valence electrons. The van der Waals surface area contributed by atoms with Gasteiger partial charge < -0.3 is 5.32 Å². The number of pyridine rings is 1. The summed E-state index contributed by atoms with van der Waals surface area (Å²) < 4.78 is 0. The van der Waals surface area contributed by atoms with Gasteiger partial charge in [0.2, 0.25) is 0 Å². The molecular weight excluding hydrogens is 308 g/mol. The second-order valence-electron chi connectivity index (χ2n) is 3.95. The molecule has 0 unspecified atom stereocenters. The molecule has 3 nitrogen and oxygen atoms in total. The van der Waals surface area contributed by atoms with Crippen molar-refractivity contribution in [3.05, 3.63) is 46.3 Å². The number of nitrogens with one attached hydrogen (secondary N) is 1. The summed E-state index contributed by atoms with van der Waals surface area (Å²) in [7, 11) is 0. The van der Waals surface area contributed by atoms with E-state index in [2.05, 4.69) is 27.8 Å². The summed E-state index contributed by atoms with van der Waals surface area (Å²) in [5, 5.41) is 5.81. The fraction of sp³-hybridized carbons (Fsp3) is 0.286. The molecule has 6 heteroatoms. The molecule has 0 bridgehead atoms.